The van der Waals surface area contributed by atoms with Crippen LogP contribution in [0.2, 0.25) is 0 Å². The Morgan fingerprint density at radius 3 is 2.38 bits per heavy atom. The van der Waals surface area contributed by atoms with Crippen LogP contribution in [0.15, 0.2) is 12.1 Å². The molecule has 0 aliphatic carbocycles. The largest absolute Gasteiger partial charge is 0.345 e. The predicted octanol–water partition coefficient (Wildman–Crippen LogP) is 3.54. The molecule has 116 valence electrons. The highest BCUT2D eigenvalue weighted by molar-refractivity contribution is 9.09. The fraction of sp³-hybridized carbons (Fsp3) is 0.417. The van der Waals surface area contributed by atoms with Crippen molar-refractivity contribution in [2.75, 3.05) is 10.7 Å². The minimum absolute atomic E-state index is 0.381. The minimum Gasteiger partial charge on any atom is -0.345 e. The number of benzene rings is 1. The van der Waals surface area contributed by atoms with Crippen LogP contribution in [0.5, 0.6) is 0 Å². The Hall–Kier alpha value is -1.09. The summed E-state index contributed by atoms with van der Waals surface area (Å²) in [6, 6.07) is 1.08. The summed E-state index contributed by atoms with van der Waals surface area (Å²) in [5.74, 6) is -3.31. The molecule has 9 heteroatoms. The Morgan fingerprint density at radius 1 is 1.38 bits per heavy atom. The van der Waals surface area contributed by atoms with Crippen molar-refractivity contribution in [3.63, 3.8) is 0 Å². The number of nitro benzene ring substituents is 1. The molecule has 0 radical (unpaired) electrons. The van der Waals surface area contributed by atoms with Crippen molar-refractivity contribution in [3.8, 4) is 0 Å². The topological polar surface area (TPSA) is 72.2 Å². The highest BCUT2D eigenvalue weighted by Crippen LogP contribution is 2.24. The minimum atomic E-state index is -1.35. The Labute approximate surface area is 136 Å². The van der Waals surface area contributed by atoms with Crippen LogP contribution >= 0.6 is 31.9 Å². The van der Waals surface area contributed by atoms with Crippen molar-refractivity contribution >= 4 is 43.5 Å². The molecular weight excluding hydrogens is 418 g/mol. The lowest BCUT2D eigenvalue weighted by atomic mass is 10.0. The van der Waals surface area contributed by atoms with E-state index in [1.807, 2.05) is 6.92 Å². The van der Waals surface area contributed by atoms with E-state index in [1.165, 1.54) is 0 Å². The molecule has 0 fully saturated rings. The number of nitrogens with one attached hydrogen (secondary N) is 1. The first-order valence-electron chi connectivity index (χ1n) is 5.88. The van der Waals surface area contributed by atoms with Gasteiger partial charge in [0.2, 0.25) is 5.82 Å². The SMILES string of the molecule is CCC(CBr)(CBr)NC(=O)c1cc(F)cc([N+](=O)[O-])c1F. The summed E-state index contributed by atoms with van der Waals surface area (Å²) in [4.78, 5) is 21.7. The van der Waals surface area contributed by atoms with E-state index in [-0.39, 0.29) is 0 Å². The summed E-state index contributed by atoms with van der Waals surface area (Å²) in [5.41, 5.74) is -2.47. The Bertz CT molecular complexity index is 557. The fourth-order valence-corrected chi connectivity index (χ4v) is 3.56. The lowest BCUT2D eigenvalue weighted by Gasteiger charge is -2.30. The van der Waals surface area contributed by atoms with Gasteiger partial charge in [-0.05, 0) is 12.5 Å². The fourth-order valence-electron chi connectivity index (χ4n) is 1.56. The van der Waals surface area contributed by atoms with E-state index in [0.717, 1.165) is 0 Å². The molecule has 0 aliphatic heterocycles. The number of carbonyl (C=O) groups excluding carboxylic acids is 1. The number of hydrogen-bond donors (Lipinski definition) is 1. The van der Waals surface area contributed by atoms with Crippen LogP contribution in [0.25, 0.3) is 0 Å². The quantitative estimate of drug-likeness (QED) is 0.427. The zero-order valence-corrected chi connectivity index (χ0v) is 14.1. The highest BCUT2D eigenvalue weighted by Gasteiger charge is 2.31. The van der Waals surface area contributed by atoms with Crippen molar-refractivity contribution < 1.29 is 18.5 Å². The number of alkyl halides is 2. The molecule has 0 aliphatic rings. The van der Waals surface area contributed by atoms with Crippen molar-refractivity contribution in [1.82, 2.24) is 5.32 Å². The summed E-state index contributed by atoms with van der Waals surface area (Å²) >= 11 is 6.49. The summed E-state index contributed by atoms with van der Waals surface area (Å²) in [6.45, 7) is 1.81. The van der Waals surface area contributed by atoms with Crippen LogP contribution in [0, 0.1) is 21.7 Å². The highest BCUT2D eigenvalue weighted by atomic mass is 79.9. The average molecular weight is 430 g/mol. The number of nitrogens with zero attached hydrogens (tertiary/aromatic N) is 1. The maximum absolute atomic E-state index is 13.9. The van der Waals surface area contributed by atoms with Gasteiger partial charge in [0, 0.05) is 10.7 Å². The number of hydrogen-bond acceptors (Lipinski definition) is 3. The summed E-state index contributed by atoms with van der Waals surface area (Å²) < 4.78 is 27.3. The molecule has 0 unspecified atom stereocenters. The van der Waals surface area contributed by atoms with Crippen molar-refractivity contribution in [2.45, 2.75) is 18.9 Å². The van der Waals surface area contributed by atoms with Gasteiger partial charge in [0.1, 0.15) is 5.82 Å². The second-order valence-electron chi connectivity index (χ2n) is 4.40. The van der Waals surface area contributed by atoms with Gasteiger partial charge < -0.3 is 5.32 Å². The number of nitro groups is 1. The van der Waals surface area contributed by atoms with Gasteiger partial charge in [-0.15, -0.1) is 0 Å². The summed E-state index contributed by atoms with van der Waals surface area (Å²) in [6.07, 6.45) is 0.522. The lowest BCUT2D eigenvalue weighted by molar-refractivity contribution is -0.387. The lowest BCUT2D eigenvalue weighted by Crippen LogP contribution is -2.51. The first-order valence-corrected chi connectivity index (χ1v) is 8.12. The second kappa shape index (κ2) is 7.26. The molecule has 0 spiro atoms. The maximum Gasteiger partial charge on any atom is 0.308 e. The van der Waals surface area contributed by atoms with Crippen LogP contribution in [0.4, 0.5) is 14.5 Å². The molecular formula is C12H12Br2F2N2O3. The first-order chi connectivity index (χ1) is 9.80. The number of carbonyl (C=O) groups is 1. The molecule has 0 saturated heterocycles. The van der Waals surface area contributed by atoms with Crippen LogP contribution in [-0.4, -0.2) is 27.0 Å². The van der Waals surface area contributed by atoms with Crippen molar-refractivity contribution in [1.29, 1.82) is 0 Å². The zero-order chi connectivity index (χ0) is 16.2. The maximum atomic E-state index is 13.9. The van der Waals surface area contributed by atoms with E-state index in [2.05, 4.69) is 37.2 Å². The van der Waals surface area contributed by atoms with Gasteiger partial charge in [0.25, 0.3) is 5.91 Å². The second-order valence-corrected chi connectivity index (χ2v) is 5.52. The standard InChI is InChI=1S/C12H12Br2F2N2O3/c1-2-12(5-13,6-14)17-11(19)8-3-7(15)4-9(10(8)16)18(20)21/h3-4H,2,5-6H2,1H3,(H,17,19). The Kier molecular flexibility index (Phi) is 6.21. The van der Waals surface area contributed by atoms with Crippen LogP contribution in [0.1, 0.15) is 23.7 Å². The van der Waals surface area contributed by atoms with Crippen molar-refractivity contribution in [2.24, 2.45) is 0 Å². The normalized spacial score (nSPS) is 11.3. The van der Waals surface area contributed by atoms with Gasteiger partial charge in [-0.2, -0.15) is 4.39 Å². The molecule has 1 aromatic rings. The Balaban J connectivity index is 3.22. The molecule has 1 amide bonds. The third-order valence-corrected chi connectivity index (χ3v) is 5.17. The van der Waals surface area contributed by atoms with E-state index in [1.54, 1.807) is 0 Å². The molecule has 0 heterocycles. The molecule has 0 bridgehead atoms. The van der Waals surface area contributed by atoms with Crippen LogP contribution in [0.3, 0.4) is 0 Å². The molecule has 21 heavy (non-hydrogen) atoms. The van der Waals surface area contributed by atoms with Crippen LogP contribution in [-0.2, 0) is 0 Å². The number of rotatable bonds is 6. The van der Waals surface area contributed by atoms with E-state index in [4.69, 9.17) is 0 Å². The number of amides is 1. The molecule has 1 N–H and O–H groups in total. The van der Waals surface area contributed by atoms with Gasteiger partial charge >= 0.3 is 5.69 Å². The van der Waals surface area contributed by atoms with E-state index in [9.17, 15) is 23.7 Å². The Morgan fingerprint density at radius 2 is 1.95 bits per heavy atom. The van der Waals surface area contributed by atoms with E-state index in [0.29, 0.717) is 29.2 Å². The number of halogens is 4. The molecule has 1 rings (SSSR count). The van der Waals surface area contributed by atoms with Gasteiger partial charge in [0.15, 0.2) is 0 Å². The molecule has 0 saturated carbocycles. The average Bonchev–Trinajstić information content (AvgIpc) is 2.46. The molecule has 0 aromatic heterocycles. The van der Waals surface area contributed by atoms with Crippen LogP contribution < -0.4 is 5.32 Å². The molecule has 1 aromatic carbocycles. The predicted molar refractivity (Wildman–Crippen MR) is 81.1 cm³/mol. The van der Waals surface area contributed by atoms with E-state index < -0.39 is 39.3 Å². The zero-order valence-electron chi connectivity index (χ0n) is 11.0. The van der Waals surface area contributed by atoms with Crippen molar-refractivity contribution in [3.05, 3.63) is 39.4 Å². The van der Waals surface area contributed by atoms with Gasteiger partial charge in [-0.25, -0.2) is 4.39 Å². The monoisotopic (exact) mass is 428 g/mol. The first kappa shape index (κ1) is 18.0. The van der Waals surface area contributed by atoms with Gasteiger partial charge in [-0.3, -0.25) is 14.9 Å². The summed E-state index contributed by atoms with van der Waals surface area (Å²) in [5, 5.41) is 14.0. The summed E-state index contributed by atoms with van der Waals surface area (Å²) in [7, 11) is 0. The molecule has 5 nitrogen and oxygen atoms in total. The third kappa shape index (κ3) is 3.97. The third-order valence-electron chi connectivity index (χ3n) is 3.03. The molecule has 0 atom stereocenters. The smallest absolute Gasteiger partial charge is 0.308 e. The van der Waals surface area contributed by atoms with Gasteiger partial charge in [0.05, 0.1) is 22.1 Å². The van der Waals surface area contributed by atoms with E-state index >= 15 is 0 Å². The van der Waals surface area contributed by atoms with Gasteiger partial charge in [-0.1, -0.05) is 38.8 Å².